The highest BCUT2D eigenvalue weighted by Gasteiger charge is 2.33. The van der Waals surface area contributed by atoms with Gasteiger partial charge < -0.3 is 10.0 Å². The molecule has 2 nitrogen and oxygen atoms in total. The van der Waals surface area contributed by atoms with E-state index >= 15 is 0 Å². The Morgan fingerprint density at radius 1 is 1.41 bits per heavy atom. The molecule has 1 aromatic carbocycles. The minimum atomic E-state index is -0.642. The molecule has 2 heteroatoms. The van der Waals surface area contributed by atoms with Gasteiger partial charge in [0.2, 0.25) is 0 Å². The van der Waals surface area contributed by atoms with Gasteiger partial charge in [-0.05, 0) is 44.0 Å². The highest BCUT2D eigenvalue weighted by atomic mass is 16.3. The monoisotopic (exact) mass is 233 g/mol. The SMILES string of the molecule is CCCc1cccc(C2(O)CCCN(C)C2)c1. The van der Waals surface area contributed by atoms with Crippen LogP contribution < -0.4 is 0 Å². The number of β-amino-alcohol motifs (C(OH)–C–C–N with tert-alkyl or cyclic N) is 1. The molecular formula is C15H23NO. The topological polar surface area (TPSA) is 23.5 Å². The van der Waals surface area contributed by atoms with E-state index in [0.29, 0.717) is 0 Å². The number of hydrogen-bond donors (Lipinski definition) is 1. The van der Waals surface area contributed by atoms with Gasteiger partial charge in [0.15, 0.2) is 0 Å². The summed E-state index contributed by atoms with van der Waals surface area (Å²) in [5.74, 6) is 0. The fraction of sp³-hybridized carbons (Fsp3) is 0.600. The summed E-state index contributed by atoms with van der Waals surface area (Å²) < 4.78 is 0. The van der Waals surface area contributed by atoms with Crippen molar-refractivity contribution in [3.8, 4) is 0 Å². The van der Waals surface area contributed by atoms with E-state index in [0.717, 1.165) is 44.3 Å². The van der Waals surface area contributed by atoms with Crippen molar-refractivity contribution in [3.05, 3.63) is 35.4 Å². The Morgan fingerprint density at radius 2 is 2.24 bits per heavy atom. The summed E-state index contributed by atoms with van der Waals surface area (Å²) in [6.45, 7) is 4.04. The van der Waals surface area contributed by atoms with Gasteiger partial charge in [-0.25, -0.2) is 0 Å². The molecule has 2 rings (SSSR count). The second-order valence-corrected chi connectivity index (χ2v) is 5.32. The van der Waals surface area contributed by atoms with Gasteiger partial charge in [-0.3, -0.25) is 0 Å². The number of rotatable bonds is 3. The highest BCUT2D eigenvalue weighted by Crippen LogP contribution is 2.31. The van der Waals surface area contributed by atoms with E-state index in [1.807, 2.05) is 0 Å². The third-order valence-corrected chi connectivity index (χ3v) is 3.66. The molecule has 17 heavy (non-hydrogen) atoms. The molecule has 1 atom stereocenters. The fourth-order valence-corrected chi connectivity index (χ4v) is 2.79. The lowest BCUT2D eigenvalue weighted by atomic mass is 9.85. The Morgan fingerprint density at radius 3 is 2.94 bits per heavy atom. The first-order valence-electron chi connectivity index (χ1n) is 6.64. The Labute approximate surface area is 104 Å². The maximum Gasteiger partial charge on any atom is 0.102 e. The standard InChI is InChI=1S/C15H23NO/c1-3-6-13-7-4-8-14(11-13)15(17)9-5-10-16(2)12-15/h4,7-8,11,17H,3,5-6,9-10,12H2,1-2H3. The summed E-state index contributed by atoms with van der Waals surface area (Å²) in [7, 11) is 2.08. The number of benzene rings is 1. The molecule has 0 amide bonds. The van der Waals surface area contributed by atoms with Crippen LogP contribution in [0.4, 0.5) is 0 Å². The van der Waals surface area contributed by atoms with Crippen LogP contribution in [0.15, 0.2) is 24.3 Å². The largest absolute Gasteiger partial charge is 0.384 e. The lowest BCUT2D eigenvalue weighted by Gasteiger charge is -2.38. The molecular weight excluding hydrogens is 210 g/mol. The number of likely N-dealkylation sites (N-methyl/N-ethyl adjacent to an activating group) is 1. The second kappa shape index (κ2) is 5.19. The molecule has 1 aliphatic rings. The summed E-state index contributed by atoms with van der Waals surface area (Å²) in [5, 5.41) is 10.8. The Kier molecular flexibility index (Phi) is 3.85. The van der Waals surface area contributed by atoms with Crippen LogP contribution in [0, 0.1) is 0 Å². The molecule has 0 saturated carbocycles. The van der Waals surface area contributed by atoms with E-state index in [1.165, 1.54) is 5.56 Å². The number of piperidine rings is 1. The van der Waals surface area contributed by atoms with Crippen molar-refractivity contribution in [1.82, 2.24) is 4.90 Å². The predicted octanol–water partition coefficient (Wildman–Crippen LogP) is 2.55. The molecule has 1 fully saturated rings. The number of hydrogen-bond acceptors (Lipinski definition) is 2. The van der Waals surface area contributed by atoms with Crippen molar-refractivity contribution in [1.29, 1.82) is 0 Å². The minimum absolute atomic E-state index is 0.642. The molecule has 0 aliphatic carbocycles. The van der Waals surface area contributed by atoms with E-state index < -0.39 is 5.60 Å². The molecule has 1 aliphatic heterocycles. The first kappa shape index (κ1) is 12.6. The first-order valence-corrected chi connectivity index (χ1v) is 6.64. The molecule has 1 heterocycles. The second-order valence-electron chi connectivity index (χ2n) is 5.32. The first-order chi connectivity index (χ1) is 8.14. The van der Waals surface area contributed by atoms with Crippen LogP contribution >= 0.6 is 0 Å². The lowest BCUT2D eigenvalue weighted by Crippen LogP contribution is -2.44. The van der Waals surface area contributed by atoms with Gasteiger partial charge in [0.25, 0.3) is 0 Å². The van der Waals surface area contributed by atoms with Gasteiger partial charge in [0, 0.05) is 6.54 Å². The van der Waals surface area contributed by atoms with E-state index in [1.54, 1.807) is 0 Å². The van der Waals surface area contributed by atoms with Crippen LogP contribution in [0.25, 0.3) is 0 Å². The van der Waals surface area contributed by atoms with E-state index in [4.69, 9.17) is 0 Å². The van der Waals surface area contributed by atoms with Crippen molar-refractivity contribution in [2.75, 3.05) is 20.1 Å². The average molecular weight is 233 g/mol. The molecule has 0 radical (unpaired) electrons. The Balaban J connectivity index is 2.22. The van der Waals surface area contributed by atoms with Gasteiger partial charge in [-0.1, -0.05) is 37.6 Å². The fourth-order valence-electron chi connectivity index (χ4n) is 2.79. The maximum absolute atomic E-state index is 10.8. The van der Waals surface area contributed by atoms with Crippen LogP contribution in [0.5, 0.6) is 0 Å². The molecule has 0 bridgehead atoms. The molecule has 1 aromatic rings. The molecule has 1 saturated heterocycles. The summed E-state index contributed by atoms with van der Waals surface area (Å²) in [5.41, 5.74) is 1.79. The van der Waals surface area contributed by atoms with Gasteiger partial charge in [0.05, 0.1) is 0 Å². The smallest absolute Gasteiger partial charge is 0.102 e. The van der Waals surface area contributed by atoms with E-state index in [2.05, 4.69) is 43.1 Å². The van der Waals surface area contributed by atoms with Gasteiger partial charge in [-0.2, -0.15) is 0 Å². The number of aryl methyl sites for hydroxylation is 1. The molecule has 1 N–H and O–H groups in total. The average Bonchev–Trinajstić information content (AvgIpc) is 2.29. The lowest BCUT2D eigenvalue weighted by molar-refractivity contribution is -0.0278. The molecule has 94 valence electrons. The van der Waals surface area contributed by atoms with Crippen molar-refractivity contribution in [2.45, 2.75) is 38.2 Å². The summed E-state index contributed by atoms with van der Waals surface area (Å²) >= 11 is 0. The summed E-state index contributed by atoms with van der Waals surface area (Å²) in [6, 6.07) is 8.48. The quantitative estimate of drug-likeness (QED) is 0.867. The van der Waals surface area contributed by atoms with Crippen LogP contribution in [0.3, 0.4) is 0 Å². The van der Waals surface area contributed by atoms with Crippen molar-refractivity contribution < 1.29 is 5.11 Å². The predicted molar refractivity (Wildman–Crippen MR) is 71.1 cm³/mol. The Bertz CT molecular complexity index is 377. The third-order valence-electron chi connectivity index (χ3n) is 3.66. The van der Waals surface area contributed by atoms with Crippen LogP contribution in [0.2, 0.25) is 0 Å². The highest BCUT2D eigenvalue weighted by molar-refractivity contribution is 5.29. The minimum Gasteiger partial charge on any atom is -0.384 e. The van der Waals surface area contributed by atoms with E-state index in [9.17, 15) is 5.11 Å². The number of nitrogens with zero attached hydrogens (tertiary/aromatic N) is 1. The summed E-state index contributed by atoms with van der Waals surface area (Å²) in [6.07, 6.45) is 4.21. The third kappa shape index (κ3) is 2.88. The van der Waals surface area contributed by atoms with Gasteiger partial charge in [0.1, 0.15) is 5.60 Å². The van der Waals surface area contributed by atoms with Crippen LogP contribution in [-0.2, 0) is 12.0 Å². The van der Waals surface area contributed by atoms with Crippen molar-refractivity contribution >= 4 is 0 Å². The number of aliphatic hydroxyl groups is 1. The zero-order valence-corrected chi connectivity index (χ0v) is 10.9. The molecule has 1 unspecified atom stereocenters. The molecule has 0 aromatic heterocycles. The Hall–Kier alpha value is -0.860. The number of likely N-dealkylation sites (tertiary alicyclic amines) is 1. The zero-order valence-electron chi connectivity index (χ0n) is 10.9. The summed E-state index contributed by atoms with van der Waals surface area (Å²) in [4.78, 5) is 2.22. The van der Waals surface area contributed by atoms with Crippen molar-refractivity contribution in [3.63, 3.8) is 0 Å². The van der Waals surface area contributed by atoms with Gasteiger partial charge >= 0.3 is 0 Å². The zero-order chi connectivity index (χ0) is 12.3. The van der Waals surface area contributed by atoms with E-state index in [-0.39, 0.29) is 0 Å². The van der Waals surface area contributed by atoms with Crippen LogP contribution in [-0.4, -0.2) is 30.1 Å². The maximum atomic E-state index is 10.8. The van der Waals surface area contributed by atoms with Crippen molar-refractivity contribution in [2.24, 2.45) is 0 Å². The van der Waals surface area contributed by atoms with Crippen LogP contribution in [0.1, 0.15) is 37.3 Å². The molecule has 0 spiro atoms. The normalized spacial score (nSPS) is 26.1. The van der Waals surface area contributed by atoms with Gasteiger partial charge in [-0.15, -0.1) is 0 Å².